The number of aliphatic hydroxyl groups is 2. The molecule has 272 valence electrons. The molecule has 1 aromatic rings. The fourth-order valence-corrected chi connectivity index (χ4v) is 13.7. The highest BCUT2D eigenvalue weighted by Gasteiger charge is 2.70. The molecule has 0 aliphatic heterocycles. The van der Waals surface area contributed by atoms with Crippen molar-refractivity contribution in [3.8, 4) is 0 Å². The second-order valence-electron chi connectivity index (χ2n) is 18.4. The second-order valence-corrected chi connectivity index (χ2v) is 18.4. The Labute approximate surface area is 296 Å². The van der Waals surface area contributed by atoms with Crippen molar-refractivity contribution in [3.05, 3.63) is 53.6 Å². The maximum Gasteiger partial charge on any atom is 0.335 e. The van der Waals surface area contributed by atoms with E-state index < -0.39 is 5.97 Å². The van der Waals surface area contributed by atoms with Crippen LogP contribution in [0, 0.1) is 56.7 Å². The largest absolute Gasteiger partial charge is 0.478 e. The van der Waals surface area contributed by atoms with Gasteiger partial charge < -0.3 is 20.6 Å². The first-order valence-corrected chi connectivity index (χ1v) is 19.5. The maximum absolute atomic E-state index is 11.5. The summed E-state index contributed by atoms with van der Waals surface area (Å²) in [6.07, 6.45) is 14.0. The Hall–Kier alpha value is -1.99. The molecule has 6 heteroatoms. The van der Waals surface area contributed by atoms with Crippen LogP contribution < -0.4 is 5.32 Å². The molecule has 0 bridgehead atoms. The van der Waals surface area contributed by atoms with Crippen LogP contribution in [0.3, 0.4) is 0 Å². The number of benzene rings is 1. The van der Waals surface area contributed by atoms with Crippen LogP contribution in [0.15, 0.2) is 42.5 Å². The quantitative estimate of drug-likeness (QED) is 0.133. The molecule has 4 N–H and O–H groups in total. The summed E-state index contributed by atoms with van der Waals surface area (Å²) < 4.78 is 0. The predicted octanol–water partition coefficient (Wildman–Crippen LogP) is 7.91. The molecule has 49 heavy (non-hydrogen) atoms. The number of allylic oxidation sites excluding steroid dienone is 3. The summed E-state index contributed by atoms with van der Waals surface area (Å²) in [5.74, 6) is 2.40. The third-order valence-corrected chi connectivity index (χ3v) is 16.2. The van der Waals surface area contributed by atoms with E-state index >= 15 is 0 Å². The van der Waals surface area contributed by atoms with Crippen LogP contribution in [0.4, 0.5) is 0 Å². The van der Waals surface area contributed by atoms with E-state index in [0.717, 1.165) is 26.1 Å². The van der Waals surface area contributed by atoms with Crippen LogP contribution in [0.25, 0.3) is 5.57 Å². The zero-order valence-electron chi connectivity index (χ0n) is 31.5. The smallest absolute Gasteiger partial charge is 0.335 e. The van der Waals surface area contributed by atoms with Gasteiger partial charge in [0.15, 0.2) is 0 Å². The standard InChI is InChI=1S/C43H66N2O4/c1-29(2)32-14-19-43(28-44-22-23-45(24-26-46)25-27-47)21-20-41(6)34(37(32)43)12-13-36-40(5)17-15-33(30-8-10-31(11-9-30)38(48)49)39(3,4)35(40)16-18-42(36,41)7/h8-11,15,32,34-37,44,46-47H,1,12-14,16-28H2,2-7H3,(H,48,49)/t32-,34+,35-,36?,37+,40-,41+,42+,43+/m0/s1. The topological polar surface area (TPSA) is 93.0 Å². The fourth-order valence-electron chi connectivity index (χ4n) is 13.7. The SMILES string of the molecule is C=C(C)[C@@H]1CC[C@]2(CNCCN(CCO)CCO)CC[C@]3(C)[C@H](CCC4[C@@]5(C)CC=C(c6ccc(C(=O)O)cc6)C(C)(C)[C@@H]5CC[C@]43C)[C@@H]12. The third-order valence-electron chi connectivity index (χ3n) is 16.2. The number of aromatic carboxylic acids is 1. The second kappa shape index (κ2) is 13.5. The minimum Gasteiger partial charge on any atom is -0.478 e. The molecule has 1 aromatic carbocycles. The normalized spacial score (nSPS) is 39.4. The van der Waals surface area contributed by atoms with Crippen molar-refractivity contribution >= 4 is 11.5 Å². The number of carboxylic acid groups (broad SMARTS) is 1. The van der Waals surface area contributed by atoms with Crippen LogP contribution in [-0.4, -0.2) is 72.1 Å². The molecule has 5 aliphatic rings. The molecular formula is C43H66N2O4. The van der Waals surface area contributed by atoms with E-state index in [-0.39, 0.29) is 24.0 Å². The number of nitrogens with zero attached hydrogens (tertiary/aromatic N) is 1. The summed E-state index contributed by atoms with van der Waals surface area (Å²) >= 11 is 0. The van der Waals surface area contributed by atoms with Gasteiger partial charge >= 0.3 is 5.97 Å². The van der Waals surface area contributed by atoms with Crippen LogP contribution in [0.2, 0.25) is 0 Å². The Morgan fingerprint density at radius 2 is 1.57 bits per heavy atom. The summed E-state index contributed by atoms with van der Waals surface area (Å²) in [5, 5.41) is 32.4. The number of hydrogen-bond donors (Lipinski definition) is 4. The maximum atomic E-state index is 11.5. The number of carboxylic acids is 1. The van der Waals surface area contributed by atoms with Crippen molar-refractivity contribution in [2.24, 2.45) is 56.7 Å². The molecule has 6 rings (SSSR count). The van der Waals surface area contributed by atoms with E-state index in [2.05, 4.69) is 64.4 Å². The zero-order valence-corrected chi connectivity index (χ0v) is 31.5. The number of rotatable bonds is 12. The first-order chi connectivity index (χ1) is 23.2. The number of aliphatic hydroxyl groups excluding tert-OH is 2. The molecule has 4 fully saturated rings. The molecule has 1 unspecified atom stereocenters. The van der Waals surface area contributed by atoms with Gasteiger partial charge in [0.05, 0.1) is 18.8 Å². The molecule has 0 radical (unpaired) electrons. The molecule has 0 amide bonds. The lowest BCUT2D eigenvalue weighted by Crippen LogP contribution is -2.65. The highest BCUT2D eigenvalue weighted by atomic mass is 16.4. The van der Waals surface area contributed by atoms with Crippen molar-refractivity contribution in [2.75, 3.05) is 45.9 Å². The lowest BCUT2D eigenvalue weighted by molar-refractivity contribution is -0.225. The van der Waals surface area contributed by atoms with Crippen molar-refractivity contribution in [2.45, 2.75) is 99.3 Å². The van der Waals surface area contributed by atoms with Crippen molar-refractivity contribution in [1.82, 2.24) is 10.2 Å². The molecule has 5 aliphatic carbocycles. The van der Waals surface area contributed by atoms with E-state index in [1.165, 1.54) is 68.1 Å². The van der Waals surface area contributed by atoms with Gasteiger partial charge in [-0.3, -0.25) is 4.90 Å². The van der Waals surface area contributed by atoms with Gasteiger partial charge in [0, 0.05) is 32.7 Å². The van der Waals surface area contributed by atoms with E-state index in [1.807, 2.05) is 12.1 Å². The highest BCUT2D eigenvalue weighted by Crippen LogP contribution is 2.77. The Balaban J connectivity index is 1.26. The van der Waals surface area contributed by atoms with Crippen LogP contribution >= 0.6 is 0 Å². The fraction of sp³-hybridized carbons (Fsp3) is 0.744. The average Bonchev–Trinajstić information content (AvgIpc) is 3.43. The monoisotopic (exact) mass is 675 g/mol. The van der Waals surface area contributed by atoms with Gasteiger partial charge in [-0.2, -0.15) is 0 Å². The van der Waals surface area contributed by atoms with Gasteiger partial charge in [-0.1, -0.05) is 65.0 Å². The van der Waals surface area contributed by atoms with Gasteiger partial charge in [0.25, 0.3) is 0 Å². The van der Waals surface area contributed by atoms with E-state index in [0.29, 0.717) is 64.5 Å². The van der Waals surface area contributed by atoms with Crippen LogP contribution in [0.1, 0.15) is 115 Å². The van der Waals surface area contributed by atoms with E-state index in [1.54, 1.807) is 12.1 Å². The minimum atomic E-state index is -0.866. The number of nitrogens with one attached hydrogen (secondary N) is 1. The van der Waals surface area contributed by atoms with Crippen LogP contribution in [-0.2, 0) is 0 Å². The Morgan fingerprint density at radius 3 is 2.20 bits per heavy atom. The van der Waals surface area contributed by atoms with Gasteiger partial charge in [-0.15, -0.1) is 0 Å². The van der Waals surface area contributed by atoms with Gasteiger partial charge in [0.1, 0.15) is 0 Å². The van der Waals surface area contributed by atoms with Gasteiger partial charge in [0.2, 0.25) is 0 Å². The summed E-state index contributed by atoms with van der Waals surface area (Å²) in [5.41, 5.74) is 5.49. The minimum absolute atomic E-state index is 0.0185. The van der Waals surface area contributed by atoms with Crippen molar-refractivity contribution < 1.29 is 20.1 Å². The molecule has 4 saturated carbocycles. The third kappa shape index (κ3) is 5.89. The van der Waals surface area contributed by atoms with Crippen molar-refractivity contribution in [1.29, 1.82) is 0 Å². The van der Waals surface area contributed by atoms with Crippen molar-refractivity contribution in [3.63, 3.8) is 0 Å². The molecule has 0 heterocycles. The number of hydrogen-bond acceptors (Lipinski definition) is 5. The Morgan fingerprint density at radius 1 is 0.878 bits per heavy atom. The molecule has 0 spiro atoms. The lowest BCUT2D eigenvalue weighted by atomic mass is 9.32. The molecule has 0 aromatic heterocycles. The first-order valence-electron chi connectivity index (χ1n) is 19.5. The number of carbonyl (C=O) groups is 1. The average molecular weight is 675 g/mol. The summed E-state index contributed by atoms with van der Waals surface area (Å²) in [4.78, 5) is 13.7. The highest BCUT2D eigenvalue weighted by molar-refractivity contribution is 5.88. The Bertz CT molecular complexity index is 1410. The van der Waals surface area contributed by atoms with E-state index in [9.17, 15) is 20.1 Å². The molecule has 0 saturated heterocycles. The number of fused-ring (bicyclic) bond motifs is 7. The summed E-state index contributed by atoms with van der Waals surface area (Å²) in [6.45, 7) is 24.2. The lowest BCUT2D eigenvalue weighted by Gasteiger charge is -2.72. The van der Waals surface area contributed by atoms with Gasteiger partial charge in [-0.05, 0) is 145 Å². The predicted molar refractivity (Wildman–Crippen MR) is 199 cm³/mol. The molecule has 6 nitrogen and oxygen atoms in total. The summed E-state index contributed by atoms with van der Waals surface area (Å²) in [6, 6.07) is 7.60. The zero-order chi connectivity index (χ0) is 35.4. The molecular weight excluding hydrogens is 608 g/mol. The van der Waals surface area contributed by atoms with Crippen LogP contribution in [0.5, 0.6) is 0 Å². The molecule has 9 atom stereocenters. The first kappa shape index (κ1) is 36.8. The van der Waals surface area contributed by atoms with Gasteiger partial charge in [-0.25, -0.2) is 4.79 Å². The van der Waals surface area contributed by atoms with E-state index in [4.69, 9.17) is 0 Å². The summed E-state index contributed by atoms with van der Waals surface area (Å²) in [7, 11) is 0. The Kier molecular flexibility index (Phi) is 10.2.